The molecule has 0 saturated heterocycles. The Hall–Kier alpha value is -2.63. The smallest absolute Gasteiger partial charge is 0.121 e. The van der Waals surface area contributed by atoms with Crippen LogP contribution in [0.4, 0.5) is 0 Å². The van der Waals surface area contributed by atoms with Crippen LogP contribution in [0.1, 0.15) is 31.2 Å². The third-order valence-corrected chi connectivity index (χ3v) is 4.39. The van der Waals surface area contributed by atoms with Crippen molar-refractivity contribution in [1.82, 2.24) is 20.6 Å². The van der Waals surface area contributed by atoms with Gasteiger partial charge in [-0.15, -0.1) is 0 Å². The summed E-state index contributed by atoms with van der Waals surface area (Å²) in [6.45, 7) is 8.15. The fourth-order valence-electron chi connectivity index (χ4n) is 3.13. The molecular weight excluding hydrogens is 322 g/mol. The molecule has 1 aliphatic rings. The van der Waals surface area contributed by atoms with E-state index in [0.717, 1.165) is 59.7 Å². The minimum atomic E-state index is 0.564. The average Bonchev–Trinajstić information content (AvgIpc) is 2.94. The molecule has 1 aromatic carbocycles. The van der Waals surface area contributed by atoms with E-state index in [0.29, 0.717) is 6.54 Å². The quantitative estimate of drug-likeness (QED) is 0.603. The van der Waals surface area contributed by atoms with Gasteiger partial charge in [0, 0.05) is 24.4 Å². The second-order valence-corrected chi connectivity index (χ2v) is 6.35. The third kappa shape index (κ3) is 4.31. The van der Waals surface area contributed by atoms with Crippen molar-refractivity contribution in [3.8, 4) is 0 Å². The highest BCUT2D eigenvalue weighted by Gasteiger charge is 2.12. The summed E-state index contributed by atoms with van der Waals surface area (Å²) in [6, 6.07) is 6.33. The van der Waals surface area contributed by atoms with Gasteiger partial charge in [0.15, 0.2) is 0 Å². The monoisotopic (exact) mass is 349 g/mol. The minimum Gasteiger partial charge on any atom is -0.358 e. The molecule has 0 spiro atoms. The normalized spacial score (nSPS) is 18.0. The van der Waals surface area contributed by atoms with Crippen LogP contribution >= 0.6 is 0 Å². The molecule has 0 atom stereocenters. The third-order valence-electron chi connectivity index (χ3n) is 4.39. The van der Waals surface area contributed by atoms with E-state index in [-0.39, 0.29) is 0 Å². The van der Waals surface area contributed by atoms with Gasteiger partial charge in [-0.25, -0.2) is 4.98 Å². The van der Waals surface area contributed by atoms with E-state index < -0.39 is 0 Å². The van der Waals surface area contributed by atoms with Gasteiger partial charge in [-0.3, -0.25) is 0 Å². The number of nitrogens with zero attached hydrogens (tertiary/aromatic N) is 1. The summed E-state index contributed by atoms with van der Waals surface area (Å²) in [5.41, 5.74) is 12.4. The molecule has 1 aromatic heterocycles. The van der Waals surface area contributed by atoms with Crippen LogP contribution in [0.5, 0.6) is 0 Å². The molecule has 0 unspecified atom stereocenters. The number of nitrogens with one attached hydrogen (secondary N) is 3. The van der Waals surface area contributed by atoms with Gasteiger partial charge in [-0.05, 0) is 36.7 Å². The molecule has 2 heterocycles. The van der Waals surface area contributed by atoms with E-state index in [4.69, 9.17) is 5.73 Å². The molecule has 0 aliphatic carbocycles. The molecule has 0 amide bonds. The maximum Gasteiger partial charge on any atom is 0.121 e. The van der Waals surface area contributed by atoms with E-state index in [1.165, 1.54) is 5.57 Å². The van der Waals surface area contributed by atoms with Gasteiger partial charge < -0.3 is 21.4 Å². The number of aromatic nitrogens is 2. The van der Waals surface area contributed by atoms with Gasteiger partial charge in [-0.1, -0.05) is 43.4 Å². The number of allylic oxidation sites excluding steroid dienone is 4. The van der Waals surface area contributed by atoms with Gasteiger partial charge in [0.2, 0.25) is 0 Å². The zero-order chi connectivity index (χ0) is 18.4. The molecule has 5 N–H and O–H groups in total. The molecule has 5 nitrogen and oxygen atoms in total. The van der Waals surface area contributed by atoms with Crippen LogP contribution in [0.15, 0.2) is 60.4 Å². The van der Waals surface area contributed by atoms with Gasteiger partial charge in [0.05, 0.1) is 17.6 Å². The molecule has 5 heteroatoms. The Balaban J connectivity index is 1.91. The highest BCUT2D eigenvalue weighted by atomic mass is 15.0. The second-order valence-electron chi connectivity index (χ2n) is 6.35. The number of imidazole rings is 1. The van der Waals surface area contributed by atoms with Gasteiger partial charge >= 0.3 is 0 Å². The van der Waals surface area contributed by atoms with Crippen molar-refractivity contribution < 1.29 is 0 Å². The molecule has 2 aromatic rings. The predicted molar refractivity (Wildman–Crippen MR) is 109 cm³/mol. The number of hydrogen-bond donors (Lipinski definition) is 4. The molecule has 0 radical (unpaired) electrons. The SMILES string of the molecule is C=C/C=C1\C/C(=C\CN)CC=C(c2ccc3nc(CNCC)[nH]c3c2)N1. The lowest BCUT2D eigenvalue weighted by Gasteiger charge is -2.12. The van der Waals surface area contributed by atoms with E-state index in [1.807, 2.05) is 12.2 Å². The molecule has 3 rings (SSSR count). The Morgan fingerprint density at radius 3 is 3.04 bits per heavy atom. The van der Waals surface area contributed by atoms with E-state index in [9.17, 15) is 0 Å². The summed E-state index contributed by atoms with van der Waals surface area (Å²) >= 11 is 0. The minimum absolute atomic E-state index is 0.564. The average molecular weight is 349 g/mol. The van der Waals surface area contributed by atoms with Crippen LogP contribution in [0, 0.1) is 0 Å². The molecule has 26 heavy (non-hydrogen) atoms. The summed E-state index contributed by atoms with van der Waals surface area (Å²) < 4.78 is 0. The number of H-pyrrole nitrogens is 1. The Morgan fingerprint density at radius 2 is 2.27 bits per heavy atom. The largest absolute Gasteiger partial charge is 0.358 e. The van der Waals surface area contributed by atoms with Gasteiger partial charge in [-0.2, -0.15) is 0 Å². The van der Waals surface area contributed by atoms with Gasteiger partial charge in [0.25, 0.3) is 0 Å². The van der Waals surface area contributed by atoms with Gasteiger partial charge in [0.1, 0.15) is 5.82 Å². The van der Waals surface area contributed by atoms with Crippen molar-refractivity contribution in [2.75, 3.05) is 13.1 Å². The molecule has 0 fully saturated rings. The number of hydrogen-bond acceptors (Lipinski definition) is 4. The summed E-state index contributed by atoms with van der Waals surface area (Å²) in [6.07, 6.45) is 9.91. The van der Waals surface area contributed by atoms with E-state index in [2.05, 4.69) is 64.5 Å². The van der Waals surface area contributed by atoms with Crippen LogP contribution < -0.4 is 16.4 Å². The van der Waals surface area contributed by atoms with E-state index in [1.54, 1.807) is 0 Å². The number of fused-ring (bicyclic) bond motifs is 1. The maximum atomic E-state index is 5.70. The standard InChI is InChI=1S/C21H27N5/c1-3-5-17-12-15(10-11-22)6-8-18(24-17)16-7-9-19-20(13-16)26-21(25-19)14-23-4-2/h3,5,7-10,13,23-24H,1,4,6,11-12,14,22H2,2H3,(H,25,26)/b15-10-,17-5+. The molecule has 1 aliphatic heterocycles. The van der Waals surface area contributed by atoms with E-state index >= 15 is 0 Å². The molecule has 0 bridgehead atoms. The fourth-order valence-corrected chi connectivity index (χ4v) is 3.13. The topological polar surface area (TPSA) is 78.8 Å². The zero-order valence-corrected chi connectivity index (χ0v) is 15.3. The lowest BCUT2D eigenvalue weighted by atomic mass is 10.1. The number of benzene rings is 1. The van der Waals surface area contributed by atoms with Crippen molar-refractivity contribution in [2.24, 2.45) is 5.73 Å². The summed E-state index contributed by atoms with van der Waals surface area (Å²) in [7, 11) is 0. The van der Waals surface area contributed by atoms with Crippen molar-refractivity contribution in [3.05, 3.63) is 71.7 Å². The Kier molecular flexibility index (Phi) is 6.04. The molecule has 136 valence electrons. The molecular formula is C21H27N5. The second kappa shape index (κ2) is 8.65. The van der Waals surface area contributed by atoms with Crippen molar-refractivity contribution in [3.63, 3.8) is 0 Å². The number of rotatable bonds is 6. The highest BCUT2D eigenvalue weighted by molar-refractivity contribution is 5.81. The lowest BCUT2D eigenvalue weighted by Crippen LogP contribution is -2.12. The first-order chi connectivity index (χ1) is 12.7. The van der Waals surface area contributed by atoms with Crippen LogP contribution in [-0.4, -0.2) is 23.1 Å². The van der Waals surface area contributed by atoms with Crippen molar-refractivity contribution >= 4 is 16.7 Å². The van der Waals surface area contributed by atoms with Crippen LogP contribution in [0.25, 0.3) is 16.7 Å². The first kappa shape index (κ1) is 18.2. The maximum absolute atomic E-state index is 5.70. The van der Waals surface area contributed by atoms with Crippen LogP contribution in [-0.2, 0) is 6.54 Å². The molecule has 0 saturated carbocycles. The summed E-state index contributed by atoms with van der Waals surface area (Å²) in [4.78, 5) is 8.03. The number of aromatic amines is 1. The Labute approximate surface area is 154 Å². The van der Waals surface area contributed by atoms with Crippen LogP contribution in [0.3, 0.4) is 0 Å². The highest BCUT2D eigenvalue weighted by Crippen LogP contribution is 2.26. The first-order valence-electron chi connectivity index (χ1n) is 9.10. The zero-order valence-electron chi connectivity index (χ0n) is 15.3. The Morgan fingerprint density at radius 1 is 1.38 bits per heavy atom. The Bertz CT molecular complexity index is 870. The van der Waals surface area contributed by atoms with Crippen molar-refractivity contribution in [2.45, 2.75) is 26.3 Å². The predicted octanol–water partition coefficient (Wildman–Crippen LogP) is 3.35. The fraction of sp³-hybridized carbons (Fsp3) is 0.286. The van der Waals surface area contributed by atoms with Crippen molar-refractivity contribution in [1.29, 1.82) is 0 Å². The first-order valence-corrected chi connectivity index (χ1v) is 9.10. The summed E-state index contributed by atoms with van der Waals surface area (Å²) in [5.74, 6) is 0.960. The summed E-state index contributed by atoms with van der Waals surface area (Å²) in [5, 5.41) is 6.85. The number of nitrogens with two attached hydrogens (primary N) is 1. The van der Waals surface area contributed by atoms with Crippen LogP contribution in [0.2, 0.25) is 0 Å². The lowest BCUT2D eigenvalue weighted by molar-refractivity contribution is 0.700.